The standard InChI is InChI=1S/C8H10N4O3/c9-5-1-4(8(14)15)2-11-7(5)12-3-6(10)13/h1-2H,3,9H2,(H2,10,13)(H,11,12)(H,14,15). The zero-order chi connectivity index (χ0) is 11.4. The molecule has 0 atom stereocenters. The maximum absolute atomic E-state index is 10.5. The van der Waals surface area contributed by atoms with E-state index in [9.17, 15) is 9.59 Å². The second-order valence-electron chi connectivity index (χ2n) is 2.79. The molecule has 7 heteroatoms. The minimum atomic E-state index is -1.12. The molecular weight excluding hydrogens is 200 g/mol. The molecule has 0 saturated carbocycles. The van der Waals surface area contributed by atoms with Gasteiger partial charge in [0.25, 0.3) is 0 Å². The third kappa shape index (κ3) is 2.83. The molecule has 1 heterocycles. The van der Waals surface area contributed by atoms with E-state index in [0.717, 1.165) is 6.20 Å². The first-order valence-electron chi connectivity index (χ1n) is 4.01. The van der Waals surface area contributed by atoms with Gasteiger partial charge in [0.1, 0.15) is 5.82 Å². The third-order valence-electron chi connectivity index (χ3n) is 1.59. The first-order valence-corrected chi connectivity index (χ1v) is 4.01. The molecule has 1 aromatic heterocycles. The van der Waals surface area contributed by atoms with Gasteiger partial charge in [-0.2, -0.15) is 0 Å². The van der Waals surface area contributed by atoms with Crippen LogP contribution in [0.2, 0.25) is 0 Å². The van der Waals surface area contributed by atoms with Crippen molar-refractivity contribution in [3.05, 3.63) is 17.8 Å². The number of carboxylic acids is 1. The van der Waals surface area contributed by atoms with Gasteiger partial charge in [0.2, 0.25) is 5.91 Å². The molecule has 1 amide bonds. The van der Waals surface area contributed by atoms with Crippen LogP contribution in [0.15, 0.2) is 12.3 Å². The summed E-state index contributed by atoms with van der Waals surface area (Å²) in [5.41, 5.74) is 10.5. The number of nitrogens with zero attached hydrogens (tertiary/aromatic N) is 1. The first-order chi connectivity index (χ1) is 7.00. The maximum atomic E-state index is 10.5. The number of anilines is 2. The number of carboxylic acid groups (broad SMARTS) is 1. The van der Waals surface area contributed by atoms with E-state index in [1.54, 1.807) is 0 Å². The van der Waals surface area contributed by atoms with Crippen LogP contribution in [-0.2, 0) is 4.79 Å². The zero-order valence-corrected chi connectivity index (χ0v) is 7.73. The van der Waals surface area contributed by atoms with Crippen molar-refractivity contribution in [2.45, 2.75) is 0 Å². The number of pyridine rings is 1. The number of aromatic carboxylic acids is 1. The Morgan fingerprint density at radius 3 is 2.67 bits per heavy atom. The number of nitrogens with two attached hydrogens (primary N) is 2. The quantitative estimate of drug-likeness (QED) is 0.517. The van der Waals surface area contributed by atoms with Crippen molar-refractivity contribution in [2.75, 3.05) is 17.6 Å². The van der Waals surface area contributed by atoms with Crippen LogP contribution in [0.25, 0.3) is 0 Å². The van der Waals surface area contributed by atoms with Crippen LogP contribution in [-0.4, -0.2) is 28.5 Å². The molecule has 0 saturated heterocycles. The molecule has 0 radical (unpaired) electrons. The van der Waals surface area contributed by atoms with Gasteiger partial charge in [0.05, 0.1) is 17.8 Å². The van der Waals surface area contributed by atoms with Crippen LogP contribution in [0.1, 0.15) is 10.4 Å². The Hall–Kier alpha value is -2.31. The molecule has 0 aliphatic carbocycles. The number of hydrogen-bond acceptors (Lipinski definition) is 5. The molecule has 0 spiro atoms. The highest BCUT2D eigenvalue weighted by atomic mass is 16.4. The fourth-order valence-electron chi connectivity index (χ4n) is 0.917. The minimum Gasteiger partial charge on any atom is -0.478 e. The first kappa shape index (κ1) is 10.8. The molecule has 0 fully saturated rings. The summed E-state index contributed by atoms with van der Waals surface area (Å²) >= 11 is 0. The number of rotatable bonds is 4. The summed E-state index contributed by atoms with van der Waals surface area (Å²) in [4.78, 5) is 24.7. The molecule has 80 valence electrons. The van der Waals surface area contributed by atoms with Crippen molar-refractivity contribution < 1.29 is 14.7 Å². The zero-order valence-electron chi connectivity index (χ0n) is 7.73. The molecule has 1 rings (SSSR count). The van der Waals surface area contributed by atoms with Crippen LogP contribution in [0, 0.1) is 0 Å². The Balaban J connectivity index is 2.83. The molecule has 0 unspecified atom stereocenters. The number of carbonyl (C=O) groups excluding carboxylic acids is 1. The highest BCUT2D eigenvalue weighted by Crippen LogP contribution is 2.15. The Kier molecular flexibility index (Phi) is 3.06. The number of hydrogen-bond donors (Lipinski definition) is 4. The largest absolute Gasteiger partial charge is 0.478 e. The highest BCUT2D eigenvalue weighted by molar-refractivity contribution is 5.89. The molecule has 7 nitrogen and oxygen atoms in total. The minimum absolute atomic E-state index is 0.0166. The van der Waals surface area contributed by atoms with Gasteiger partial charge in [-0.1, -0.05) is 0 Å². The van der Waals surface area contributed by atoms with Gasteiger partial charge in [0.15, 0.2) is 0 Å². The summed E-state index contributed by atoms with van der Waals surface area (Å²) in [7, 11) is 0. The molecule has 6 N–H and O–H groups in total. The van der Waals surface area contributed by atoms with E-state index < -0.39 is 11.9 Å². The SMILES string of the molecule is NC(=O)CNc1ncc(C(=O)O)cc1N. The lowest BCUT2D eigenvalue weighted by Crippen LogP contribution is -2.22. The van der Waals surface area contributed by atoms with Crippen LogP contribution in [0.3, 0.4) is 0 Å². The van der Waals surface area contributed by atoms with E-state index in [-0.39, 0.29) is 23.6 Å². The Labute approximate surface area is 85.1 Å². The Morgan fingerprint density at radius 1 is 1.53 bits per heavy atom. The number of nitrogens with one attached hydrogen (secondary N) is 1. The summed E-state index contributed by atoms with van der Waals surface area (Å²) in [6, 6.07) is 1.25. The smallest absolute Gasteiger partial charge is 0.337 e. The number of carbonyl (C=O) groups is 2. The van der Waals surface area contributed by atoms with Crippen molar-refractivity contribution in [1.29, 1.82) is 0 Å². The predicted octanol–water partition coefficient (Wildman–Crippen LogP) is -0.741. The summed E-state index contributed by atoms with van der Waals surface area (Å²) in [5, 5.41) is 11.2. The highest BCUT2D eigenvalue weighted by Gasteiger charge is 2.07. The van der Waals surface area contributed by atoms with Crippen molar-refractivity contribution in [2.24, 2.45) is 5.73 Å². The van der Waals surface area contributed by atoms with Gasteiger partial charge in [-0.25, -0.2) is 9.78 Å². The number of nitrogen functional groups attached to an aromatic ring is 1. The fourth-order valence-corrected chi connectivity index (χ4v) is 0.917. The van der Waals surface area contributed by atoms with Crippen LogP contribution in [0.4, 0.5) is 11.5 Å². The van der Waals surface area contributed by atoms with Crippen molar-refractivity contribution >= 4 is 23.4 Å². The Morgan fingerprint density at radius 2 is 2.20 bits per heavy atom. The van der Waals surface area contributed by atoms with Gasteiger partial charge in [-0.15, -0.1) is 0 Å². The van der Waals surface area contributed by atoms with E-state index in [1.165, 1.54) is 6.07 Å². The predicted molar refractivity (Wildman–Crippen MR) is 53.3 cm³/mol. The fraction of sp³-hybridized carbons (Fsp3) is 0.125. The third-order valence-corrected chi connectivity index (χ3v) is 1.59. The normalized spacial score (nSPS) is 9.60. The van der Waals surface area contributed by atoms with E-state index in [1.807, 2.05) is 0 Å². The number of aromatic nitrogens is 1. The van der Waals surface area contributed by atoms with E-state index in [0.29, 0.717) is 0 Å². The number of amides is 1. The maximum Gasteiger partial charge on any atom is 0.337 e. The monoisotopic (exact) mass is 210 g/mol. The van der Waals surface area contributed by atoms with Crippen molar-refractivity contribution in [1.82, 2.24) is 4.98 Å². The molecule has 15 heavy (non-hydrogen) atoms. The van der Waals surface area contributed by atoms with Gasteiger partial charge < -0.3 is 21.9 Å². The van der Waals surface area contributed by atoms with E-state index in [4.69, 9.17) is 16.6 Å². The summed E-state index contributed by atoms with van der Waals surface area (Å²) in [6.45, 7) is -0.108. The lowest BCUT2D eigenvalue weighted by Gasteiger charge is -2.06. The van der Waals surface area contributed by atoms with Gasteiger partial charge in [-0.05, 0) is 6.07 Å². The van der Waals surface area contributed by atoms with Crippen LogP contribution in [0.5, 0.6) is 0 Å². The lowest BCUT2D eigenvalue weighted by atomic mass is 10.2. The average molecular weight is 210 g/mol. The molecule has 1 aromatic rings. The lowest BCUT2D eigenvalue weighted by molar-refractivity contribution is -0.116. The van der Waals surface area contributed by atoms with Gasteiger partial charge in [-0.3, -0.25) is 4.79 Å². The second-order valence-corrected chi connectivity index (χ2v) is 2.79. The molecule has 0 bridgehead atoms. The summed E-state index contributed by atoms with van der Waals surface area (Å²) in [6.07, 6.45) is 1.14. The van der Waals surface area contributed by atoms with Gasteiger partial charge in [0, 0.05) is 6.20 Å². The van der Waals surface area contributed by atoms with E-state index in [2.05, 4.69) is 10.3 Å². The molecule has 0 aromatic carbocycles. The molecule has 0 aliphatic rings. The van der Waals surface area contributed by atoms with E-state index >= 15 is 0 Å². The molecular formula is C8H10N4O3. The molecule has 0 aliphatic heterocycles. The van der Waals surface area contributed by atoms with Crippen LogP contribution >= 0.6 is 0 Å². The van der Waals surface area contributed by atoms with Gasteiger partial charge >= 0.3 is 5.97 Å². The summed E-state index contributed by atoms with van der Waals surface area (Å²) in [5.74, 6) is -1.44. The second kappa shape index (κ2) is 4.27. The Bertz CT molecular complexity index is 405. The van der Waals surface area contributed by atoms with Crippen LogP contribution < -0.4 is 16.8 Å². The number of primary amides is 1. The summed E-state index contributed by atoms with van der Waals surface area (Å²) < 4.78 is 0. The van der Waals surface area contributed by atoms with Crippen molar-refractivity contribution in [3.63, 3.8) is 0 Å². The average Bonchev–Trinajstić information content (AvgIpc) is 2.15. The topological polar surface area (TPSA) is 131 Å². The van der Waals surface area contributed by atoms with Crippen molar-refractivity contribution in [3.8, 4) is 0 Å².